The number of nitrogens with one attached hydrogen (secondary N) is 2. The first-order valence-electron chi connectivity index (χ1n) is 6.93. The molecule has 1 aromatic rings. The van der Waals surface area contributed by atoms with Crippen LogP contribution in [0.25, 0.3) is 0 Å². The van der Waals surface area contributed by atoms with E-state index in [9.17, 15) is 14.4 Å². The number of nitrogens with zero attached hydrogens (tertiary/aromatic N) is 2. The fourth-order valence-corrected chi connectivity index (χ4v) is 2.87. The number of aromatic nitrogens is 2. The van der Waals surface area contributed by atoms with E-state index in [4.69, 9.17) is 0 Å². The van der Waals surface area contributed by atoms with Crippen molar-refractivity contribution in [3.05, 3.63) is 31.5 Å². The Hall–Kier alpha value is -1.12. The molecule has 0 bridgehead atoms. The van der Waals surface area contributed by atoms with Crippen LogP contribution in [0.2, 0.25) is 0 Å². The zero-order valence-electron chi connectivity index (χ0n) is 12.3. The molecule has 7 nitrogen and oxygen atoms in total. The van der Waals surface area contributed by atoms with E-state index in [1.165, 1.54) is 10.8 Å². The molecule has 1 aliphatic heterocycles. The van der Waals surface area contributed by atoms with Crippen LogP contribution >= 0.6 is 28.3 Å². The summed E-state index contributed by atoms with van der Waals surface area (Å²) in [4.78, 5) is 39.1. The van der Waals surface area contributed by atoms with Crippen molar-refractivity contribution in [3.8, 4) is 0 Å². The number of hydrogen-bond acceptors (Lipinski definition) is 4. The number of halogens is 2. The highest BCUT2D eigenvalue weighted by Gasteiger charge is 2.22. The van der Waals surface area contributed by atoms with Gasteiger partial charge in [0.05, 0.1) is 4.47 Å². The Balaban J connectivity index is 0.00000242. The number of aromatic amines is 1. The van der Waals surface area contributed by atoms with Crippen LogP contribution in [0.3, 0.4) is 0 Å². The highest BCUT2D eigenvalue weighted by Crippen LogP contribution is 2.16. The molecular formula is C13H20BrClN4O3. The second kappa shape index (κ2) is 8.50. The van der Waals surface area contributed by atoms with Gasteiger partial charge >= 0.3 is 5.69 Å². The van der Waals surface area contributed by atoms with Crippen LogP contribution < -0.4 is 16.6 Å². The molecule has 0 aromatic carbocycles. The molecule has 2 heterocycles. The van der Waals surface area contributed by atoms with Crippen LogP contribution in [0.4, 0.5) is 0 Å². The van der Waals surface area contributed by atoms with E-state index < -0.39 is 11.2 Å². The summed E-state index contributed by atoms with van der Waals surface area (Å²) in [6.45, 7) is 2.34. The van der Waals surface area contributed by atoms with Crippen LogP contribution in [0.15, 0.2) is 20.3 Å². The van der Waals surface area contributed by atoms with Gasteiger partial charge in [0, 0.05) is 19.3 Å². The molecule has 0 unspecified atom stereocenters. The lowest BCUT2D eigenvalue weighted by molar-refractivity contribution is -0.133. The van der Waals surface area contributed by atoms with Crippen LogP contribution in [0, 0.1) is 5.92 Å². The minimum atomic E-state index is -0.568. The Labute approximate surface area is 142 Å². The lowest BCUT2D eigenvalue weighted by Gasteiger charge is -2.32. The molecule has 22 heavy (non-hydrogen) atoms. The van der Waals surface area contributed by atoms with Crippen molar-refractivity contribution in [1.29, 1.82) is 0 Å². The maximum absolute atomic E-state index is 12.2. The Morgan fingerprint density at radius 1 is 1.41 bits per heavy atom. The molecule has 124 valence electrons. The predicted octanol–water partition coefficient (Wildman–Crippen LogP) is 0.179. The normalized spacial score (nSPS) is 15.5. The summed E-state index contributed by atoms with van der Waals surface area (Å²) in [5, 5.41) is 3.15. The molecule has 1 aliphatic rings. The van der Waals surface area contributed by atoms with Crippen LogP contribution in [-0.2, 0) is 11.3 Å². The van der Waals surface area contributed by atoms with E-state index >= 15 is 0 Å². The monoisotopic (exact) mass is 394 g/mol. The topological polar surface area (TPSA) is 87.2 Å². The van der Waals surface area contributed by atoms with E-state index in [0.717, 1.165) is 19.4 Å². The van der Waals surface area contributed by atoms with Crippen molar-refractivity contribution >= 4 is 34.2 Å². The Morgan fingerprint density at radius 2 is 2.05 bits per heavy atom. The standard InChI is InChI=1S/C13H19BrN4O3.ClH/c1-15-6-9-2-4-17(5-3-9)11(19)8-18-7-10(14)12(20)16-13(18)21;/h7,9,15H,2-6,8H2,1H3,(H,16,20,21);1H. The number of carbonyl (C=O) groups is 1. The van der Waals surface area contributed by atoms with Gasteiger partial charge in [0.15, 0.2) is 0 Å². The van der Waals surface area contributed by atoms with E-state index in [1.807, 2.05) is 7.05 Å². The smallest absolute Gasteiger partial charge is 0.328 e. The van der Waals surface area contributed by atoms with E-state index in [1.54, 1.807) is 4.90 Å². The molecule has 1 fully saturated rings. The third-order valence-electron chi connectivity index (χ3n) is 3.73. The molecular weight excluding hydrogens is 376 g/mol. The summed E-state index contributed by atoms with van der Waals surface area (Å²) in [6, 6.07) is 0. The van der Waals surface area contributed by atoms with Crippen molar-refractivity contribution in [2.24, 2.45) is 5.92 Å². The molecule has 0 aliphatic carbocycles. The summed E-state index contributed by atoms with van der Waals surface area (Å²) in [5.41, 5.74) is -1.06. The molecule has 9 heteroatoms. The number of carbonyl (C=O) groups excluding carboxylic acids is 1. The number of H-pyrrole nitrogens is 1. The highest BCUT2D eigenvalue weighted by atomic mass is 79.9. The van der Waals surface area contributed by atoms with Gasteiger partial charge in [0.2, 0.25) is 5.91 Å². The van der Waals surface area contributed by atoms with Gasteiger partial charge < -0.3 is 10.2 Å². The van der Waals surface area contributed by atoms with Gasteiger partial charge in [-0.25, -0.2) is 4.79 Å². The molecule has 0 spiro atoms. The van der Waals surface area contributed by atoms with Gasteiger partial charge in [0.25, 0.3) is 5.56 Å². The maximum Gasteiger partial charge on any atom is 0.328 e. The van der Waals surface area contributed by atoms with E-state index in [2.05, 4.69) is 26.2 Å². The summed E-state index contributed by atoms with van der Waals surface area (Å²) in [7, 11) is 1.93. The van der Waals surface area contributed by atoms with Crippen molar-refractivity contribution in [1.82, 2.24) is 19.8 Å². The lowest BCUT2D eigenvalue weighted by atomic mass is 9.97. The van der Waals surface area contributed by atoms with E-state index in [-0.39, 0.29) is 29.3 Å². The lowest BCUT2D eigenvalue weighted by Crippen LogP contribution is -2.43. The molecule has 0 radical (unpaired) electrons. The molecule has 0 atom stereocenters. The Bertz CT molecular complexity index is 622. The minimum Gasteiger partial charge on any atom is -0.341 e. The molecule has 0 saturated carbocycles. The first kappa shape index (κ1) is 18.9. The van der Waals surface area contributed by atoms with Gasteiger partial charge in [-0.05, 0) is 48.3 Å². The quantitative estimate of drug-likeness (QED) is 0.761. The highest BCUT2D eigenvalue weighted by molar-refractivity contribution is 9.10. The molecule has 2 N–H and O–H groups in total. The first-order valence-corrected chi connectivity index (χ1v) is 7.72. The average molecular weight is 396 g/mol. The number of piperidine rings is 1. The molecule has 1 aromatic heterocycles. The number of amides is 1. The summed E-state index contributed by atoms with van der Waals surface area (Å²) < 4.78 is 1.45. The van der Waals surface area contributed by atoms with Gasteiger partial charge in [-0.15, -0.1) is 12.4 Å². The van der Waals surface area contributed by atoms with Gasteiger partial charge in [0.1, 0.15) is 6.54 Å². The van der Waals surface area contributed by atoms with Crippen molar-refractivity contribution in [3.63, 3.8) is 0 Å². The van der Waals surface area contributed by atoms with Crippen LogP contribution in [-0.4, -0.2) is 47.0 Å². The summed E-state index contributed by atoms with van der Waals surface area (Å²) >= 11 is 3.06. The zero-order chi connectivity index (χ0) is 15.4. The van der Waals surface area contributed by atoms with Crippen molar-refractivity contribution in [2.45, 2.75) is 19.4 Å². The summed E-state index contributed by atoms with van der Waals surface area (Å²) in [6.07, 6.45) is 3.29. The first-order chi connectivity index (χ1) is 10.0. The van der Waals surface area contributed by atoms with E-state index in [0.29, 0.717) is 19.0 Å². The SMILES string of the molecule is CNCC1CCN(C(=O)Cn2cc(Br)c(=O)[nH]c2=O)CC1.Cl. The van der Waals surface area contributed by atoms with Gasteiger partial charge in [-0.3, -0.25) is 19.1 Å². The summed E-state index contributed by atoms with van der Waals surface area (Å²) in [5.74, 6) is 0.503. The van der Waals surface area contributed by atoms with Crippen LogP contribution in [0.5, 0.6) is 0 Å². The third-order valence-corrected chi connectivity index (χ3v) is 4.30. The fourth-order valence-electron chi connectivity index (χ4n) is 2.52. The Morgan fingerprint density at radius 3 is 2.64 bits per heavy atom. The van der Waals surface area contributed by atoms with Crippen LogP contribution in [0.1, 0.15) is 12.8 Å². The average Bonchev–Trinajstić information content (AvgIpc) is 2.46. The molecule has 1 amide bonds. The largest absolute Gasteiger partial charge is 0.341 e. The number of rotatable bonds is 4. The van der Waals surface area contributed by atoms with Crippen molar-refractivity contribution < 1.29 is 4.79 Å². The van der Waals surface area contributed by atoms with Crippen molar-refractivity contribution in [2.75, 3.05) is 26.7 Å². The second-order valence-corrected chi connectivity index (χ2v) is 6.10. The Kier molecular flexibility index (Phi) is 7.31. The minimum absolute atomic E-state index is 0. The van der Waals surface area contributed by atoms with Gasteiger partial charge in [-0.2, -0.15) is 0 Å². The third kappa shape index (κ3) is 4.69. The zero-order valence-corrected chi connectivity index (χ0v) is 14.7. The number of likely N-dealkylation sites (tertiary alicyclic amines) is 1. The molecule has 2 rings (SSSR count). The second-order valence-electron chi connectivity index (χ2n) is 5.25. The number of hydrogen-bond donors (Lipinski definition) is 2. The van der Waals surface area contributed by atoms with Gasteiger partial charge in [-0.1, -0.05) is 0 Å². The maximum atomic E-state index is 12.2. The molecule has 1 saturated heterocycles. The fraction of sp³-hybridized carbons (Fsp3) is 0.615. The predicted molar refractivity (Wildman–Crippen MR) is 89.5 cm³/mol.